The predicted octanol–water partition coefficient (Wildman–Crippen LogP) is 2.18. The second-order valence-corrected chi connectivity index (χ2v) is 10.4. The van der Waals surface area contributed by atoms with Crippen molar-refractivity contribution in [3.8, 4) is 0 Å². The summed E-state index contributed by atoms with van der Waals surface area (Å²) in [4.78, 5) is 42.7. The van der Waals surface area contributed by atoms with Gasteiger partial charge in [0.05, 0.1) is 28.7 Å². The SMILES string of the molecule is C[C@H]1C(=O)N(C[C@@H](O)CC(=O)N2CCC3(CC3)[C@H](O)C2)CCN1C(=O)Nc1ccc(Cl)c(Cl)c1. The first-order chi connectivity index (χ1) is 16.1. The van der Waals surface area contributed by atoms with Crippen LogP contribution in [-0.4, -0.2) is 93.7 Å². The van der Waals surface area contributed by atoms with Gasteiger partial charge in [-0.2, -0.15) is 0 Å². The molecule has 1 aromatic carbocycles. The highest BCUT2D eigenvalue weighted by molar-refractivity contribution is 6.42. The third-order valence-electron chi connectivity index (χ3n) is 7.25. The van der Waals surface area contributed by atoms with Crippen LogP contribution >= 0.6 is 23.2 Å². The van der Waals surface area contributed by atoms with Crippen LogP contribution in [0.2, 0.25) is 10.0 Å². The topological polar surface area (TPSA) is 113 Å². The minimum absolute atomic E-state index is 0.00371. The van der Waals surface area contributed by atoms with Crippen LogP contribution in [0.1, 0.15) is 32.6 Å². The Kier molecular flexibility index (Phi) is 7.28. The van der Waals surface area contributed by atoms with Crippen molar-refractivity contribution >= 4 is 46.7 Å². The highest BCUT2D eigenvalue weighted by Gasteiger charge is 2.51. The van der Waals surface area contributed by atoms with E-state index in [9.17, 15) is 24.6 Å². The maximum Gasteiger partial charge on any atom is 0.322 e. The molecule has 4 rings (SSSR count). The lowest BCUT2D eigenvalue weighted by atomic mass is 9.90. The Hall–Kier alpha value is -2.07. The fraction of sp³-hybridized carbons (Fsp3) is 0.609. The number of likely N-dealkylation sites (tertiary alicyclic amines) is 1. The Labute approximate surface area is 208 Å². The maximum absolute atomic E-state index is 12.9. The van der Waals surface area contributed by atoms with E-state index in [2.05, 4.69) is 5.32 Å². The molecule has 1 aliphatic carbocycles. The normalized spacial score (nSPS) is 24.9. The van der Waals surface area contributed by atoms with Crippen molar-refractivity contribution < 1.29 is 24.6 Å². The molecular formula is C23H30Cl2N4O5. The van der Waals surface area contributed by atoms with Crippen molar-refractivity contribution in [2.45, 2.75) is 50.9 Å². The van der Waals surface area contributed by atoms with Crippen molar-refractivity contribution in [1.29, 1.82) is 0 Å². The number of aliphatic hydroxyl groups excluding tert-OH is 2. The Balaban J connectivity index is 1.26. The standard InChI is InChI=1S/C23H30Cl2N4O5/c1-14-21(33)28(8-9-29(14)22(34)26-15-2-3-17(24)18(25)10-15)12-16(30)11-20(32)27-7-6-23(4-5-23)19(31)13-27/h2-3,10,14,16,19,30-31H,4-9,11-13H2,1H3,(H,26,34)/t14-,16-,19+/m0/s1. The Morgan fingerprint density at radius 3 is 2.56 bits per heavy atom. The molecule has 186 valence electrons. The zero-order valence-corrected chi connectivity index (χ0v) is 20.6. The molecule has 2 saturated heterocycles. The van der Waals surface area contributed by atoms with E-state index >= 15 is 0 Å². The van der Waals surface area contributed by atoms with Gasteiger partial charge in [-0.1, -0.05) is 23.2 Å². The lowest BCUT2D eigenvalue weighted by Gasteiger charge is -2.40. The molecule has 34 heavy (non-hydrogen) atoms. The van der Waals surface area contributed by atoms with Gasteiger partial charge in [-0.25, -0.2) is 4.79 Å². The summed E-state index contributed by atoms with van der Waals surface area (Å²) < 4.78 is 0. The monoisotopic (exact) mass is 512 g/mol. The summed E-state index contributed by atoms with van der Waals surface area (Å²) in [5.74, 6) is -0.520. The van der Waals surface area contributed by atoms with Crippen LogP contribution in [0.5, 0.6) is 0 Å². The molecule has 3 N–H and O–H groups in total. The first-order valence-corrected chi connectivity index (χ1v) is 12.3. The summed E-state index contributed by atoms with van der Waals surface area (Å²) in [5.41, 5.74) is 0.467. The Morgan fingerprint density at radius 2 is 1.91 bits per heavy atom. The molecule has 9 nitrogen and oxygen atoms in total. The summed E-state index contributed by atoms with van der Waals surface area (Å²) in [5, 5.41) is 24.2. The van der Waals surface area contributed by atoms with Crippen molar-refractivity contribution in [2.75, 3.05) is 38.0 Å². The number of hydrogen-bond acceptors (Lipinski definition) is 5. The third-order valence-corrected chi connectivity index (χ3v) is 7.98. The summed E-state index contributed by atoms with van der Waals surface area (Å²) in [6.07, 6.45) is 1.17. The van der Waals surface area contributed by atoms with Crippen molar-refractivity contribution in [1.82, 2.24) is 14.7 Å². The number of halogens is 2. The molecule has 2 aliphatic heterocycles. The van der Waals surface area contributed by atoms with E-state index in [1.54, 1.807) is 24.0 Å². The molecule has 3 aliphatic rings. The number of nitrogens with one attached hydrogen (secondary N) is 1. The van der Waals surface area contributed by atoms with Gasteiger partial charge in [-0.3, -0.25) is 9.59 Å². The number of carbonyl (C=O) groups excluding carboxylic acids is 3. The third kappa shape index (κ3) is 5.27. The number of piperazine rings is 1. The van der Waals surface area contributed by atoms with Crippen LogP contribution in [0, 0.1) is 5.41 Å². The maximum atomic E-state index is 12.9. The molecule has 1 spiro atoms. The van der Waals surface area contributed by atoms with Crippen molar-refractivity contribution in [3.63, 3.8) is 0 Å². The molecule has 1 saturated carbocycles. The number of urea groups is 1. The summed E-state index contributed by atoms with van der Waals surface area (Å²) in [6, 6.07) is 3.55. The van der Waals surface area contributed by atoms with Gasteiger partial charge in [0.15, 0.2) is 0 Å². The van der Waals surface area contributed by atoms with Crippen LogP contribution in [0.25, 0.3) is 0 Å². The van der Waals surface area contributed by atoms with Gasteiger partial charge in [0.25, 0.3) is 0 Å². The fourth-order valence-corrected chi connectivity index (χ4v) is 5.09. The molecule has 0 bridgehead atoms. The second kappa shape index (κ2) is 9.89. The minimum atomic E-state index is -1.02. The van der Waals surface area contributed by atoms with Gasteiger partial charge in [-0.05, 0) is 49.8 Å². The van der Waals surface area contributed by atoms with Gasteiger partial charge in [0, 0.05) is 38.4 Å². The Morgan fingerprint density at radius 1 is 1.18 bits per heavy atom. The van der Waals surface area contributed by atoms with E-state index in [-0.39, 0.29) is 43.3 Å². The Bertz CT molecular complexity index is 973. The van der Waals surface area contributed by atoms with E-state index < -0.39 is 24.3 Å². The molecule has 11 heteroatoms. The molecule has 0 aromatic heterocycles. The number of benzene rings is 1. The smallest absolute Gasteiger partial charge is 0.322 e. The number of hydrogen-bond donors (Lipinski definition) is 3. The van der Waals surface area contributed by atoms with Gasteiger partial charge < -0.3 is 30.2 Å². The highest BCUT2D eigenvalue weighted by atomic mass is 35.5. The van der Waals surface area contributed by atoms with E-state index in [1.807, 2.05) is 0 Å². The number of piperidine rings is 1. The van der Waals surface area contributed by atoms with Crippen molar-refractivity contribution in [3.05, 3.63) is 28.2 Å². The van der Waals surface area contributed by atoms with E-state index in [1.165, 1.54) is 15.9 Å². The molecule has 0 radical (unpaired) electrons. The minimum Gasteiger partial charge on any atom is -0.391 e. The lowest BCUT2D eigenvalue weighted by Crippen LogP contribution is -2.59. The van der Waals surface area contributed by atoms with Crippen LogP contribution < -0.4 is 5.32 Å². The molecule has 1 aromatic rings. The molecule has 2 heterocycles. The molecule has 3 atom stereocenters. The lowest BCUT2D eigenvalue weighted by molar-refractivity contribution is -0.144. The number of carbonyl (C=O) groups is 3. The van der Waals surface area contributed by atoms with Gasteiger partial charge in [0.2, 0.25) is 11.8 Å². The summed E-state index contributed by atoms with van der Waals surface area (Å²) in [6.45, 7) is 3.05. The number of aliphatic hydroxyl groups is 2. The first-order valence-electron chi connectivity index (χ1n) is 11.5. The number of amides is 4. The fourth-order valence-electron chi connectivity index (χ4n) is 4.80. The molecule has 4 amide bonds. The summed E-state index contributed by atoms with van der Waals surface area (Å²) in [7, 11) is 0. The second-order valence-electron chi connectivity index (χ2n) is 9.54. The van der Waals surface area contributed by atoms with Crippen molar-refractivity contribution in [2.24, 2.45) is 5.41 Å². The number of β-amino-alcohol motifs (C(OH)–C–C–N with tert-alkyl or cyclic N) is 2. The predicted molar refractivity (Wildman–Crippen MR) is 128 cm³/mol. The quantitative estimate of drug-likeness (QED) is 0.559. The largest absolute Gasteiger partial charge is 0.391 e. The number of anilines is 1. The van der Waals surface area contributed by atoms with Crippen LogP contribution in [0.4, 0.5) is 10.5 Å². The van der Waals surface area contributed by atoms with E-state index in [0.717, 1.165) is 19.3 Å². The zero-order chi connectivity index (χ0) is 24.6. The van der Waals surface area contributed by atoms with E-state index in [0.29, 0.717) is 28.8 Å². The highest BCUT2D eigenvalue weighted by Crippen LogP contribution is 2.53. The van der Waals surface area contributed by atoms with Crippen LogP contribution in [0.3, 0.4) is 0 Å². The van der Waals surface area contributed by atoms with Crippen LogP contribution in [0.15, 0.2) is 18.2 Å². The number of nitrogens with zero attached hydrogens (tertiary/aromatic N) is 3. The van der Waals surface area contributed by atoms with Gasteiger partial charge in [-0.15, -0.1) is 0 Å². The average Bonchev–Trinajstić information content (AvgIpc) is 3.56. The van der Waals surface area contributed by atoms with E-state index in [4.69, 9.17) is 23.2 Å². The average molecular weight is 513 g/mol. The molecule has 0 unspecified atom stereocenters. The first kappa shape index (κ1) is 25.0. The van der Waals surface area contributed by atoms with Gasteiger partial charge in [0.1, 0.15) is 6.04 Å². The number of rotatable bonds is 5. The zero-order valence-electron chi connectivity index (χ0n) is 19.0. The van der Waals surface area contributed by atoms with Crippen LogP contribution in [-0.2, 0) is 9.59 Å². The molecular weight excluding hydrogens is 483 g/mol. The van der Waals surface area contributed by atoms with Gasteiger partial charge >= 0.3 is 6.03 Å². The molecule has 3 fully saturated rings. The summed E-state index contributed by atoms with van der Waals surface area (Å²) >= 11 is 11.9.